The molecule has 2 aliphatic rings. The van der Waals surface area contributed by atoms with Gasteiger partial charge >= 0.3 is 0 Å². The molecule has 1 saturated carbocycles. The van der Waals surface area contributed by atoms with Crippen LogP contribution in [0.3, 0.4) is 0 Å². The van der Waals surface area contributed by atoms with Crippen LogP contribution in [-0.2, 0) is 20.8 Å². The third-order valence-electron chi connectivity index (χ3n) is 4.43. The van der Waals surface area contributed by atoms with E-state index in [1.165, 1.54) is 19.3 Å². The first-order valence-electron chi connectivity index (χ1n) is 8.60. The van der Waals surface area contributed by atoms with E-state index >= 15 is 0 Å². The first kappa shape index (κ1) is 16.7. The molecule has 0 amide bonds. The maximum atomic E-state index is 10.0. The Morgan fingerprint density at radius 1 is 1.04 bits per heavy atom. The van der Waals surface area contributed by atoms with E-state index in [9.17, 15) is 5.11 Å². The van der Waals surface area contributed by atoms with Crippen LogP contribution in [0, 0.1) is 0 Å². The molecular formula is C19H26O4. The Bertz CT molecular complexity index is 481. The monoisotopic (exact) mass is 318 g/mol. The Kier molecular flexibility index (Phi) is 6.22. The highest BCUT2D eigenvalue weighted by molar-refractivity contribution is 5.13. The summed E-state index contributed by atoms with van der Waals surface area (Å²) < 4.78 is 17.5. The lowest BCUT2D eigenvalue weighted by molar-refractivity contribution is -0.206. The Hall–Kier alpha value is -1.20. The van der Waals surface area contributed by atoms with Crippen LogP contribution in [0.1, 0.15) is 37.7 Å². The van der Waals surface area contributed by atoms with E-state index in [2.05, 4.69) is 0 Å². The van der Waals surface area contributed by atoms with Crippen LogP contribution >= 0.6 is 0 Å². The molecule has 1 N–H and O–H groups in total. The Morgan fingerprint density at radius 2 is 1.83 bits per heavy atom. The summed E-state index contributed by atoms with van der Waals surface area (Å²) in [5.41, 5.74) is 1.11. The van der Waals surface area contributed by atoms with E-state index in [1.54, 1.807) is 6.08 Å². The van der Waals surface area contributed by atoms with Gasteiger partial charge in [-0.2, -0.15) is 0 Å². The van der Waals surface area contributed by atoms with Crippen molar-refractivity contribution in [3.05, 3.63) is 48.0 Å². The lowest BCUT2D eigenvalue weighted by atomic mass is 9.98. The van der Waals surface area contributed by atoms with Gasteiger partial charge in [0.25, 0.3) is 0 Å². The number of hydrogen-bond donors (Lipinski definition) is 1. The van der Waals surface area contributed by atoms with Crippen LogP contribution < -0.4 is 0 Å². The first-order valence-corrected chi connectivity index (χ1v) is 8.60. The smallest absolute Gasteiger partial charge is 0.177 e. The van der Waals surface area contributed by atoms with E-state index in [0.717, 1.165) is 18.4 Å². The summed E-state index contributed by atoms with van der Waals surface area (Å²) >= 11 is 0. The van der Waals surface area contributed by atoms with Gasteiger partial charge in [-0.1, -0.05) is 55.7 Å². The molecule has 1 aromatic rings. The highest BCUT2D eigenvalue weighted by atomic mass is 16.7. The average Bonchev–Trinajstić information content (AvgIpc) is 2.59. The van der Waals surface area contributed by atoms with Gasteiger partial charge in [0.2, 0.25) is 0 Å². The fraction of sp³-hybridized carbons (Fsp3) is 0.579. The van der Waals surface area contributed by atoms with E-state index in [1.807, 2.05) is 36.4 Å². The zero-order valence-electron chi connectivity index (χ0n) is 13.5. The second-order valence-corrected chi connectivity index (χ2v) is 6.32. The normalized spacial score (nSPS) is 28.8. The SMILES string of the molecule is O[C@H]1C=C[C@@H](OC2CCCCC2)O[C@@H]1COCc1ccccc1. The van der Waals surface area contributed by atoms with Gasteiger partial charge in [-0.25, -0.2) is 0 Å². The van der Waals surface area contributed by atoms with E-state index in [4.69, 9.17) is 14.2 Å². The largest absolute Gasteiger partial charge is 0.386 e. The molecule has 4 heteroatoms. The molecule has 1 heterocycles. The molecule has 0 radical (unpaired) electrons. The Labute approximate surface area is 138 Å². The molecule has 0 unspecified atom stereocenters. The molecule has 1 aliphatic heterocycles. The van der Waals surface area contributed by atoms with Crippen molar-refractivity contribution in [3.63, 3.8) is 0 Å². The van der Waals surface area contributed by atoms with Crippen LogP contribution in [0.4, 0.5) is 0 Å². The Morgan fingerprint density at radius 3 is 2.61 bits per heavy atom. The topological polar surface area (TPSA) is 47.9 Å². The van der Waals surface area contributed by atoms with Crippen molar-refractivity contribution >= 4 is 0 Å². The van der Waals surface area contributed by atoms with Crippen LogP contribution in [0.25, 0.3) is 0 Å². The highest BCUT2D eigenvalue weighted by Crippen LogP contribution is 2.24. The van der Waals surface area contributed by atoms with Gasteiger partial charge in [0.05, 0.1) is 19.3 Å². The second-order valence-electron chi connectivity index (χ2n) is 6.32. The van der Waals surface area contributed by atoms with Crippen LogP contribution in [0.2, 0.25) is 0 Å². The Balaban J connectivity index is 1.44. The van der Waals surface area contributed by atoms with E-state index in [-0.39, 0.29) is 18.5 Å². The van der Waals surface area contributed by atoms with Gasteiger partial charge in [0.1, 0.15) is 12.2 Å². The van der Waals surface area contributed by atoms with Gasteiger partial charge in [-0.15, -0.1) is 0 Å². The molecular weight excluding hydrogens is 292 g/mol. The molecule has 0 aromatic heterocycles. The maximum Gasteiger partial charge on any atom is 0.177 e. The van der Waals surface area contributed by atoms with E-state index in [0.29, 0.717) is 13.2 Å². The summed E-state index contributed by atoms with van der Waals surface area (Å²) in [6, 6.07) is 10.00. The maximum absolute atomic E-state index is 10.0. The molecule has 0 spiro atoms. The predicted molar refractivity (Wildman–Crippen MR) is 87.9 cm³/mol. The lowest BCUT2D eigenvalue weighted by Gasteiger charge is -2.32. The molecule has 0 bridgehead atoms. The summed E-state index contributed by atoms with van der Waals surface area (Å²) in [4.78, 5) is 0. The summed E-state index contributed by atoms with van der Waals surface area (Å²) in [5.74, 6) is 0. The lowest BCUT2D eigenvalue weighted by Crippen LogP contribution is -2.40. The van der Waals surface area contributed by atoms with Crippen molar-refractivity contribution in [1.29, 1.82) is 0 Å². The minimum atomic E-state index is -0.642. The third kappa shape index (κ3) is 5.15. The summed E-state index contributed by atoms with van der Waals surface area (Å²) in [6.45, 7) is 0.871. The fourth-order valence-electron chi connectivity index (χ4n) is 3.10. The van der Waals surface area contributed by atoms with Gasteiger partial charge in [0.15, 0.2) is 6.29 Å². The molecule has 4 nitrogen and oxygen atoms in total. The van der Waals surface area contributed by atoms with Gasteiger partial charge in [-0.05, 0) is 24.5 Å². The van der Waals surface area contributed by atoms with Crippen LogP contribution in [0.5, 0.6) is 0 Å². The summed E-state index contributed by atoms with van der Waals surface area (Å²) in [7, 11) is 0. The quantitative estimate of drug-likeness (QED) is 0.818. The number of benzene rings is 1. The zero-order chi connectivity index (χ0) is 15.9. The van der Waals surface area contributed by atoms with Crippen molar-refractivity contribution in [2.24, 2.45) is 0 Å². The molecule has 1 aliphatic carbocycles. The molecule has 1 fully saturated rings. The number of hydrogen-bond acceptors (Lipinski definition) is 4. The molecule has 0 saturated heterocycles. The van der Waals surface area contributed by atoms with Crippen LogP contribution in [-0.4, -0.2) is 36.3 Å². The number of rotatable bonds is 6. The zero-order valence-corrected chi connectivity index (χ0v) is 13.5. The van der Waals surface area contributed by atoms with Crippen molar-refractivity contribution in [2.75, 3.05) is 6.61 Å². The minimum Gasteiger partial charge on any atom is -0.386 e. The van der Waals surface area contributed by atoms with Crippen molar-refractivity contribution < 1.29 is 19.3 Å². The highest BCUT2D eigenvalue weighted by Gasteiger charge is 2.28. The second kappa shape index (κ2) is 8.60. The van der Waals surface area contributed by atoms with Crippen LogP contribution in [0.15, 0.2) is 42.5 Å². The van der Waals surface area contributed by atoms with Crippen molar-refractivity contribution in [2.45, 2.75) is 63.3 Å². The molecule has 23 heavy (non-hydrogen) atoms. The molecule has 3 rings (SSSR count). The van der Waals surface area contributed by atoms with Gasteiger partial charge in [0, 0.05) is 0 Å². The minimum absolute atomic E-state index is 0.277. The summed E-state index contributed by atoms with van der Waals surface area (Å²) in [6.07, 6.45) is 8.43. The number of ether oxygens (including phenoxy) is 3. The van der Waals surface area contributed by atoms with E-state index < -0.39 is 6.10 Å². The average molecular weight is 318 g/mol. The number of aliphatic hydroxyl groups is 1. The van der Waals surface area contributed by atoms with Gasteiger partial charge < -0.3 is 19.3 Å². The standard InChI is InChI=1S/C19H26O4/c20-17-11-12-19(22-16-9-5-2-6-10-16)23-18(17)14-21-13-15-7-3-1-4-8-15/h1,3-4,7-8,11-12,16-20H,2,5-6,9-10,13-14H2/t17-,18+,19-/m0/s1. The van der Waals surface area contributed by atoms with Gasteiger partial charge in [-0.3, -0.25) is 0 Å². The predicted octanol–water partition coefficient (Wildman–Crippen LogP) is 3.19. The molecule has 3 atom stereocenters. The third-order valence-corrected chi connectivity index (χ3v) is 4.43. The summed E-state index contributed by atoms with van der Waals surface area (Å²) in [5, 5.41) is 10.0. The molecule has 1 aromatic carbocycles. The molecule has 126 valence electrons. The van der Waals surface area contributed by atoms with Crippen molar-refractivity contribution in [1.82, 2.24) is 0 Å². The number of aliphatic hydroxyl groups excluding tert-OH is 1. The first-order chi connectivity index (χ1) is 11.3. The fourth-order valence-corrected chi connectivity index (χ4v) is 3.10. The van der Waals surface area contributed by atoms with Crippen molar-refractivity contribution in [3.8, 4) is 0 Å².